The van der Waals surface area contributed by atoms with Gasteiger partial charge >= 0.3 is 0 Å². The van der Waals surface area contributed by atoms with Crippen molar-refractivity contribution >= 4 is 5.65 Å². The van der Waals surface area contributed by atoms with E-state index in [0.29, 0.717) is 6.54 Å². The highest BCUT2D eigenvalue weighted by atomic mass is 16.3. The average molecular weight is 205 g/mol. The minimum absolute atomic E-state index is 0.110. The summed E-state index contributed by atoms with van der Waals surface area (Å²) < 4.78 is 2.04. The molecule has 1 atom stereocenters. The van der Waals surface area contributed by atoms with Gasteiger partial charge in [-0.3, -0.25) is 0 Å². The van der Waals surface area contributed by atoms with E-state index in [0.717, 1.165) is 11.3 Å². The molecule has 4 heteroatoms. The van der Waals surface area contributed by atoms with Gasteiger partial charge in [-0.05, 0) is 19.1 Å². The van der Waals surface area contributed by atoms with Crippen LogP contribution in [-0.2, 0) is 6.54 Å². The van der Waals surface area contributed by atoms with E-state index in [1.165, 1.54) is 0 Å². The third-order valence-electron chi connectivity index (χ3n) is 2.40. The Labute approximate surface area is 88.6 Å². The summed E-state index contributed by atoms with van der Waals surface area (Å²) in [5.74, 6) is 0. The van der Waals surface area contributed by atoms with E-state index in [-0.39, 0.29) is 12.6 Å². The number of nitrogens with one attached hydrogen (secondary N) is 1. The molecule has 2 aromatic rings. The predicted octanol–water partition coefficient (Wildman–Crippen LogP) is 0.805. The van der Waals surface area contributed by atoms with Crippen molar-refractivity contribution in [2.45, 2.75) is 19.5 Å². The molecule has 0 aliphatic rings. The van der Waals surface area contributed by atoms with E-state index in [4.69, 9.17) is 5.11 Å². The summed E-state index contributed by atoms with van der Waals surface area (Å²) in [7, 11) is 0. The Bertz CT molecular complexity index is 438. The highest BCUT2D eigenvalue weighted by Crippen LogP contribution is 2.05. The summed E-state index contributed by atoms with van der Waals surface area (Å²) in [6.45, 7) is 2.81. The molecule has 2 rings (SSSR count). The monoisotopic (exact) mass is 205 g/mol. The molecule has 2 N–H and O–H groups in total. The number of fused-ring (bicyclic) bond motifs is 1. The molecule has 4 nitrogen and oxygen atoms in total. The Kier molecular flexibility index (Phi) is 2.99. The van der Waals surface area contributed by atoms with Crippen LogP contribution >= 0.6 is 0 Å². The maximum absolute atomic E-state index is 8.89. The highest BCUT2D eigenvalue weighted by molar-refractivity contribution is 5.39. The lowest BCUT2D eigenvalue weighted by Gasteiger charge is -2.09. The second-order valence-corrected chi connectivity index (χ2v) is 3.64. The van der Waals surface area contributed by atoms with Gasteiger partial charge in [0.2, 0.25) is 0 Å². The molecular formula is C11H15N3O. The fourth-order valence-corrected chi connectivity index (χ4v) is 1.46. The SMILES string of the molecule is C[C@@H](CO)NCc1cnc2ccccn12. The maximum Gasteiger partial charge on any atom is 0.136 e. The van der Waals surface area contributed by atoms with E-state index in [9.17, 15) is 0 Å². The molecule has 2 aromatic heterocycles. The summed E-state index contributed by atoms with van der Waals surface area (Å²) in [6.07, 6.45) is 3.84. The molecular weight excluding hydrogens is 190 g/mol. The number of imidazole rings is 1. The lowest BCUT2D eigenvalue weighted by Crippen LogP contribution is -2.29. The first-order chi connectivity index (χ1) is 7.31. The zero-order valence-electron chi connectivity index (χ0n) is 8.72. The van der Waals surface area contributed by atoms with Crippen LogP contribution in [0.3, 0.4) is 0 Å². The molecule has 80 valence electrons. The van der Waals surface area contributed by atoms with Crippen molar-refractivity contribution in [1.29, 1.82) is 0 Å². The molecule has 15 heavy (non-hydrogen) atoms. The van der Waals surface area contributed by atoms with Gasteiger partial charge in [0.15, 0.2) is 0 Å². The molecule has 0 aliphatic heterocycles. The predicted molar refractivity (Wildman–Crippen MR) is 58.6 cm³/mol. The van der Waals surface area contributed by atoms with E-state index in [2.05, 4.69) is 10.3 Å². The second-order valence-electron chi connectivity index (χ2n) is 3.64. The van der Waals surface area contributed by atoms with E-state index < -0.39 is 0 Å². The molecule has 0 saturated heterocycles. The van der Waals surface area contributed by atoms with Crippen molar-refractivity contribution in [3.05, 3.63) is 36.3 Å². The van der Waals surface area contributed by atoms with Crippen molar-refractivity contribution in [3.63, 3.8) is 0 Å². The van der Waals surface area contributed by atoms with Crippen LogP contribution in [0.2, 0.25) is 0 Å². The lowest BCUT2D eigenvalue weighted by atomic mass is 10.3. The molecule has 0 amide bonds. The van der Waals surface area contributed by atoms with Crippen molar-refractivity contribution in [3.8, 4) is 0 Å². The molecule has 0 fully saturated rings. The van der Waals surface area contributed by atoms with Gasteiger partial charge in [0, 0.05) is 18.8 Å². The quantitative estimate of drug-likeness (QED) is 0.776. The first-order valence-electron chi connectivity index (χ1n) is 5.06. The van der Waals surface area contributed by atoms with Crippen LogP contribution in [0.15, 0.2) is 30.6 Å². The summed E-state index contributed by atoms with van der Waals surface area (Å²) in [6, 6.07) is 6.03. The van der Waals surface area contributed by atoms with E-state index >= 15 is 0 Å². The van der Waals surface area contributed by atoms with Gasteiger partial charge in [0.25, 0.3) is 0 Å². The van der Waals surface area contributed by atoms with Gasteiger partial charge in [-0.2, -0.15) is 0 Å². The van der Waals surface area contributed by atoms with Crippen molar-refractivity contribution in [2.24, 2.45) is 0 Å². The van der Waals surface area contributed by atoms with Crippen molar-refractivity contribution in [1.82, 2.24) is 14.7 Å². The zero-order chi connectivity index (χ0) is 10.7. The van der Waals surface area contributed by atoms with E-state index in [1.54, 1.807) is 0 Å². The molecule has 0 aliphatic carbocycles. The molecule has 0 aromatic carbocycles. The standard InChI is InChI=1S/C11H15N3O/c1-9(8-15)12-6-10-7-13-11-4-2-3-5-14(10)11/h2-5,7,9,12,15H,6,8H2,1H3/t9-/m0/s1. The summed E-state index contributed by atoms with van der Waals surface area (Å²) in [5.41, 5.74) is 2.05. The maximum atomic E-state index is 8.89. The summed E-state index contributed by atoms with van der Waals surface area (Å²) >= 11 is 0. The largest absolute Gasteiger partial charge is 0.395 e. The van der Waals surface area contributed by atoms with Gasteiger partial charge in [-0.25, -0.2) is 4.98 Å². The normalized spacial score (nSPS) is 13.2. The number of pyridine rings is 1. The van der Waals surface area contributed by atoms with Gasteiger partial charge in [-0.15, -0.1) is 0 Å². The number of hydrogen-bond acceptors (Lipinski definition) is 3. The van der Waals surface area contributed by atoms with E-state index in [1.807, 2.05) is 41.9 Å². The number of aromatic nitrogens is 2. The number of aliphatic hydroxyl groups excluding tert-OH is 1. The Balaban J connectivity index is 2.14. The average Bonchev–Trinajstić information content (AvgIpc) is 2.69. The van der Waals surface area contributed by atoms with Crippen LogP contribution < -0.4 is 5.32 Å². The van der Waals surface area contributed by atoms with Gasteiger partial charge in [0.1, 0.15) is 5.65 Å². The third-order valence-corrected chi connectivity index (χ3v) is 2.40. The molecule has 0 spiro atoms. The van der Waals surface area contributed by atoms with Gasteiger partial charge in [-0.1, -0.05) is 6.07 Å². The minimum Gasteiger partial charge on any atom is -0.395 e. The third kappa shape index (κ3) is 2.16. The number of nitrogens with zero attached hydrogens (tertiary/aromatic N) is 2. The van der Waals surface area contributed by atoms with Crippen LogP contribution in [0.5, 0.6) is 0 Å². The lowest BCUT2D eigenvalue weighted by molar-refractivity contribution is 0.250. The Morgan fingerprint density at radius 3 is 3.20 bits per heavy atom. The topological polar surface area (TPSA) is 49.6 Å². The number of rotatable bonds is 4. The zero-order valence-corrected chi connectivity index (χ0v) is 8.72. The fraction of sp³-hybridized carbons (Fsp3) is 0.364. The Morgan fingerprint density at radius 1 is 1.53 bits per heavy atom. The van der Waals surface area contributed by atoms with Crippen LogP contribution in [0.25, 0.3) is 5.65 Å². The van der Waals surface area contributed by atoms with Gasteiger partial charge in [0.05, 0.1) is 18.5 Å². The fourth-order valence-electron chi connectivity index (χ4n) is 1.46. The number of aliphatic hydroxyl groups is 1. The Hall–Kier alpha value is -1.39. The Morgan fingerprint density at radius 2 is 2.40 bits per heavy atom. The summed E-state index contributed by atoms with van der Waals surface area (Å²) in [5, 5.41) is 12.1. The van der Waals surface area contributed by atoms with Gasteiger partial charge < -0.3 is 14.8 Å². The van der Waals surface area contributed by atoms with Crippen LogP contribution in [0.4, 0.5) is 0 Å². The molecule has 2 heterocycles. The van der Waals surface area contributed by atoms with Crippen LogP contribution in [0, 0.1) is 0 Å². The molecule has 0 saturated carbocycles. The summed E-state index contributed by atoms with van der Waals surface area (Å²) in [4.78, 5) is 4.28. The molecule has 0 unspecified atom stereocenters. The number of hydrogen-bond donors (Lipinski definition) is 2. The van der Waals surface area contributed by atoms with Crippen LogP contribution in [0.1, 0.15) is 12.6 Å². The van der Waals surface area contributed by atoms with Crippen molar-refractivity contribution < 1.29 is 5.11 Å². The first kappa shape index (κ1) is 10.1. The molecule has 0 radical (unpaired) electrons. The first-order valence-corrected chi connectivity index (χ1v) is 5.06. The van der Waals surface area contributed by atoms with Crippen molar-refractivity contribution in [2.75, 3.05) is 6.61 Å². The smallest absolute Gasteiger partial charge is 0.136 e. The molecule has 0 bridgehead atoms. The highest BCUT2D eigenvalue weighted by Gasteiger charge is 2.03. The van der Waals surface area contributed by atoms with Crippen LogP contribution in [-0.4, -0.2) is 27.1 Å². The minimum atomic E-state index is 0.110. The second kappa shape index (κ2) is 4.42.